The minimum Gasteiger partial charge on any atom is -0.312 e. The summed E-state index contributed by atoms with van der Waals surface area (Å²) in [5.41, 5.74) is 0. The zero-order valence-electron chi connectivity index (χ0n) is 13.2. The Hall–Kier alpha value is -0.0800. The summed E-state index contributed by atoms with van der Waals surface area (Å²) >= 11 is 0. The van der Waals surface area contributed by atoms with Gasteiger partial charge in [-0.25, -0.2) is 0 Å². The third-order valence-corrected chi connectivity index (χ3v) is 5.23. The van der Waals surface area contributed by atoms with Crippen molar-refractivity contribution in [2.75, 3.05) is 19.6 Å². The van der Waals surface area contributed by atoms with Crippen LogP contribution in [0.4, 0.5) is 0 Å². The van der Waals surface area contributed by atoms with E-state index in [0.717, 1.165) is 18.0 Å². The second-order valence-corrected chi connectivity index (χ2v) is 6.65. The van der Waals surface area contributed by atoms with Gasteiger partial charge in [0.2, 0.25) is 0 Å². The van der Waals surface area contributed by atoms with Gasteiger partial charge in [0.1, 0.15) is 0 Å². The topological polar surface area (TPSA) is 15.3 Å². The average Bonchev–Trinajstić information content (AvgIpc) is 2.61. The van der Waals surface area contributed by atoms with Crippen molar-refractivity contribution in [1.82, 2.24) is 10.2 Å². The summed E-state index contributed by atoms with van der Waals surface area (Å²) in [4.78, 5) is 2.81. The fourth-order valence-corrected chi connectivity index (χ4v) is 3.80. The molecule has 0 amide bonds. The summed E-state index contributed by atoms with van der Waals surface area (Å²) in [5, 5.41) is 3.84. The lowest BCUT2D eigenvalue weighted by Crippen LogP contribution is -2.51. The van der Waals surface area contributed by atoms with Gasteiger partial charge in [0.25, 0.3) is 0 Å². The van der Waals surface area contributed by atoms with Gasteiger partial charge in [-0.2, -0.15) is 0 Å². The molecule has 0 spiro atoms. The van der Waals surface area contributed by atoms with E-state index in [4.69, 9.17) is 0 Å². The van der Waals surface area contributed by atoms with Gasteiger partial charge in [0.05, 0.1) is 0 Å². The molecule has 2 fully saturated rings. The first-order chi connectivity index (χ1) is 9.35. The highest BCUT2D eigenvalue weighted by molar-refractivity contribution is 4.88. The number of nitrogens with zero attached hydrogens (tertiary/aromatic N) is 1. The van der Waals surface area contributed by atoms with E-state index in [0.29, 0.717) is 0 Å². The van der Waals surface area contributed by atoms with Gasteiger partial charge in [-0.15, -0.1) is 0 Å². The molecule has 112 valence electrons. The predicted molar refractivity (Wildman–Crippen MR) is 83.5 cm³/mol. The molecule has 19 heavy (non-hydrogen) atoms. The van der Waals surface area contributed by atoms with Gasteiger partial charge < -0.3 is 5.32 Å². The van der Waals surface area contributed by atoms with Crippen LogP contribution in [0.15, 0.2) is 0 Å². The third-order valence-electron chi connectivity index (χ3n) is 5.23. The molecule has 2 aliphatic rings. The van der Waals surface area contributed by atoms with E-state index in [1.165, 1.54) is 77.4 Å². The lowest BCUT2D eigenvalue weighted by Gasteiger charge is -2.40. The Balaban J connectivity index is 1.92. The number of likely N-dealkylation sites (N-methyl/N-ethyl adjacent to an activating group) is 1. The van der Waals surface area contributed by atoms with Crippen molar-refractivity contribution in [2.45, 2.75) is 83.7 Å². The molecule has 0 aromatic rings. The van der Waals surface area contributed by atoms with Crippen molar-refractivity contribution in [3.63, 3.8) is 0 Å². The summed E-state index contributed by atoms with van der Waals surface area (Å²) in [6.45, 7) is 8.45. The molecule has 2 rings (SSSR count). The van der Waals surface area contributed by atoms with Crippen LogP contribution in [0.25, 0.3) is 0 Å². The summed E-state index contributed by atoms with van der Waals surface area (Å²) in [6.07, 6.45) is 12.8. The van der Waals surface area contributed by atoms with E-state index in [-0.39, 0.29) is 0 Å². The third kappa shape index (κ3) is 4.46. The van der Waals surface area contributed by atoms with E-state index < -0.39 is 0 Å². The summed E-state index contributed by atoms with van der Waals surface area (Å²) in [6, 6.07) is 1.56. The van der Waals surface area contributed by atoms with Crippen LogP contribution >= 0.6 is 0 Å². The van der Waals surface area contributed by atoms with Gasteiger partial charge >= 0.3 is 0 Å². The van der Waals surface area contributed by atoms with Gasteiger partial charge in [-0.1, -0.05) is 39.5 Å². The molecule has 0 aromatic carbocycles. The van der Waals surface area contributed by atoms with E-state index in [1.807, 2.05) is 0 Å². The largest absolute Gasteiger partial charge is 0.312 e. The molecule has 0 bridgehead atoms. The van der Waals surface area contributed by atoms with Crippen molar-refractivity contribution >= 4 is 0 Å². The summed E-state index contributed by atoms with van der Waals surface area (Å²) < 4.78 is 0. The maximum Gasteiger partial charge on any atom is 0.0249 e. The first-order valence-corrected chi connectivity index (χ1v) is 8.82. The first-order valence-electron chi connectivity index (χ1n) is 8.82. The maximum absolute atomic E-state index is 3.84. The molecule has 2 saturated carbocycles. The second kappa shape index (κ2) is 8.26. The number of hydrogen-bond donors (Lipinski definition) is 1. The molecule has 0 heterocycles. The Morgan fingerprint density at radius 2 is 1.74 bits per heavy atom. The van der Waals surface area contributed by atoms with Crippen LogP contribution in [-0.2, 0) is 0 Å². The summed E-state index contributed by atoms with van der Waals surface area (Å²) in [5.74, 6) is 1.01. The first kappa shape index (κ1) is 15.3. The molecule has 0 aromatic heterocycles. The summed E-state index contributed by atoms with van der Waals surface area (Å²) in [7, 11) is 0. The molecule has 2 nitrogen and oxygen atoms in total. The van der Waals surface area contributed by atoms with E-state index in [2.05, 4.69) is 24.1 Å². The maximum atomic E-state index is 3.84. The van der Waals surface area contributed by atoms with E-state index in [1.54, 1.807) is 0 Å². The van der Waals surface area contributed by atoms with Crippen LogP contribution < -0.4 is 5.32 Å². The zero-order chi connectivity index (χ0) is 13.5. The Bertz CT molecular complexity index is 237. The second-order valence-electron chi connectivity index (χ2n) is 6.65. The molecular weight excluding hydrogens is 232 g/mol. The van der Waals surface area contributed by atoms with Crippen LogP contribution in [-0.4, -0.2) is 36.6 Å². The van der Waals surface area contributed by atoms with Crippen molar-refractivity contribution < 1.29 is 0 Å². The lowest BCUT2D eigenvalue weighted by molar-refractivity contribution is 0.108. The highest BCUT2D eigenvalue weighted by Crippen LogP contribution is 2.30. The molecule has 2 atom stereocenters. The highest BCUT2D eigenvalue weighted by atomic mass is 15.2. The molecule has 1 N–H and O–H groups in total. The molecule has 2 heteroatoms. The SMILES string of the molecule is CCCNC1CCCCCC1N(CC)CC1CCC1. The van der Waals surface area contributed by atoms with Crippen LogP contribution in [0.2, 0.25) is 0 Å². The molecule has 2 unspecified atom stereocenters. The van der Waals surface area contributed by atoms with Gasteiger partial charge in [-0.05, 0) is 51.1 Å². The van der Waals surface area contributed by atoms with Gasteiger partial charge in [0, 0.05) is 18.6 Å². The normalized spacial score (nSPS) is 29.2. The molecule has 0 radical (unpaired) electrons. The van der Waals surface area contributed by atoms with Crippen LogP contribution in [0.3, 0.4) is 0 Å². The van der Waals surface area contributed by atoms with Crippen LogP contribution in [0, 0.1) is 5.92 Å². The number of hydrogen-bond acceptors (Lipinski definition) is 2. The van der Waals surface area contributed by atoms with Gasteiger partial charge in [-0.3, -0.25) is 4.90 Å². The number of nitrogens with one attached hydrogen (secondary N) is 1. The Morgan fingerprint density at radius 1 is 0.947 bits per heavy atom. The Morgan fingerprint density at radius 3 is 2.37 bits per heavy atom. The zero-order valence-corrected chi connectivity index (χ0v) is 13.2. The van der Waals surface area contributed by atoms with Crippen LogP contribution in [0.5, 0.6) is 0 Å². The lowest BCUT2D eigenvalue weighted by atomic mass is 9.84. The van der Waals surface area contributed by atoms with Gasteiger partial charge in [0.15, 0.2) is 0 Å². The average molecular weight is 266 g/mol. The number of rotatable bonds is 7. The van der Waals surface area contributed by atoms with Crippen molar-refractivity contribution in [2.24, 2.45) is 5.92 Å². The Kier molecular flexibility index (Phi) is 6.66. The van der Waals surface area contributed by atoms with Crippen LogP contribution in [0.1, 0.15) is 71.6 Å². The van der Waals surface area contributed by atoms with Crippen molar-refractivity contribution in [3.8, 4) is 0 Å². The van der Waals surface area contributed by atoms with E-state index in [9.17, 15) is 0 Å². The van der Waals surface area contributed by atoms with Crippen molar-refractivity contribution in [3.05, 3.63) is 0 Å². The molecule has 2 aliphatic carbocycles. The minimum atomic E-state index is 0.752. The van der Waals surface area contributed by atoms with Crippen molar-refractivity contribution in [1.29, 1.82) is 0 Å². The molecular formula is C17H34N2. The monoisotopic (exact) mass is 266 g/mol. The Labute approximate surface area is 120 Å². The quantitative estimate of drug-likeness (QED) is 0.705. The fraction of sp³-hybridized carbons (Fsp3) is 1.00. The molecule has 0 aliphatic heterocycles. The fourth-order valence-electron chi connectivity index (χ4n) is 3.80. The standard InChI is InChI=1S/C17H34N2/c1-3-13-18-16-11-6-5-7-12-17(16)19(4-2)14-15-9-8-10-15/h15-18H,3-14H2,1-2H3. The smallest absolute Gasteiger partial charge is 0.0249 e. The molecule has 0 saturated heterocycles. The minimum absolute atomic E-state index is 0.752. The predicted octanol–water partition coefficient (Wildman–Crippen LogP) is 3.81. The van der Waals surface area contributed by atoms with E-state index >= 15 is 0 Å². The highest BCUT2D eigenvalue weighted by Gasteiger charge is 2.30.